The summed E-state index contributed by atoms with van der Waals surface area (Å²) in [5.74, 6) is 0.700. The van der Waals surface area contributed by atoms with Gasteiger partial charge in [0.15, 0.2) is 5.75 Å². The molecule has 21 heavy (non-hydrogen) atoms. The zero-order valence-electron chi connectivity index (χ0n) is 13.7. The molecule has 1 aromatic heterocycles. The molecule has 0 unspecified atom stereocenters. The normalized spacial score (nSPS) is 26.3. The van der Waals surface area contributed by atoms with E-state index in [0.717, 1.165) is 44.3 Å². The average Bonchev–Trinajstić information content (AvgIpc) is 2.92. The number of nitrogens with zero attached hydrogens (tertiary/aromatic N) is 2. The minimum atomic E-state index is -0.823. The van der Waals surface area contributed by atoms with Crippen molar-refractivity contribution >= 4 is 0 Å². The maximum atomic E-state index is 11.1. The van der Waals surface area contributed by atoms with Gasteiger partial charge in [-0.3, -0.25) is 4.68 Å². The average molecular weight is 295 g/mol. The molecule has 0 aliphatic heterocycles. The maximum Gasteiger partial charge on any atom is 0.162 e. The van der Waals surface area contributed by atoms with Crippen LogP contribution in [-0.2, 0) is 5.60 Å². The van der Waals surface area contributed by atoms with Gasteiger partial charge in [0, 0.05) is 12.1 Å². The second kappa shape index (κ2) is 6.79. The van der Waals surface area contributed by atoms with Crippen molar-refractivity contribution in [1.29, 1.82) is 0 Å². The van der Waals surface area contributed by atoms with E-state index in [4.69, 9.17) is 4.74 Å². The van der Waals surface area contributed by atoms with Crippen molar-refractivity contribution in [2.45, 2.75) is 70.6 Å². The lowest BCUT2D eigenvalue weighted by Gasteiger charge is -2.37. The molecule has 0 aromatic carbocycles. The Labute approximate surface area is 127 Å². The monoisotopic (exact) mass is 295 g/mol. The first kappa shape index (κ1) is 16.3. The van der Waals surface area contributed by atoms with Crippen LogP contribution in [0.3, 0.4) is 0 Å². The number of ether oxygens (including phenoxy) is 1. The van der Waals surface area contributed by atoms with Crippen LogP contribution < -0.4 is 10.1 Å². The molecule has 0 atom stereocenters. The lowest BCUT2D eigenvalue weighted by molar-refractivity contribution is -0.0187. The van der Waals surface area contributed by atoms with Crippen LogP contribution >= 0.6 is 0 Å². The van der Waals surface area contributed by atoms with Crippen LogP contribution in [0.25, 0.3) is 0 Å². The Morgan fingerprint density at radius 1 is 1.48 bits per heavy atom. The van der Waals surface area contributed by atoms with E-state index in [-0.39, 0.29) is 6.04 Å². The molecule has 2 rings (SSSR count). The van der Waals surface area contributed by atoms with Crippen LogP contribution in [0.5, 0.6) is 5.75 Å². The summed E-state index contributed by atoms with van der Waals surface area (Å²) < 4.78 is 7.33. The molecule has 5 heteroatoms. The predicted octanol–water partition coefficient (Wildman–Crippen LogP) is 2.60. The maximum absolute atomic E-state index is 11.1. The molecule has 1 saturated carbocycles. The van der Waals surface area contributed by atoms with Crippen LogP contribution in [0.4, 0.5) is 0 Å². The predicted molar refractivity (Wildman–Crippen MR) is 83.6 cm³/mol. The van der Waals surface area contributed by atoms with E-state index in [1.165, 1.54) is 0 Å². The fourth-order valence-electron chi connectivity index (χ4n) is 3.21. The highest BCUT2D eigenvalue weighted by Gasteiger charge is 2.40. The SMILES string of the molecule is CCCNC1CCC(O)(c2c(OC)cnn2C(C)C)CC1. The third-order valence-corrected chi connectivity index (χ3v) is 4.41. The van der Waals surface area contributed by atoms with Gasteiger partial charge in [-0.2, -0.15) is 5.10 Å². The molecule has 1 aromatic rings. The Balaban J connectivity index is 2.16. The Bertz CT molecular complexity index is 448. The van der Waals surface area contributed by atoms with Crippen LogP contribution in [0.2, 0.25) is 0 Å². The van der Waals surface area contributed by atoms with Crippen molar-refractivity contribution < 1.29 is 9.84 Å². The van der Waals surface area contributed by atoms with Gasteiger partial charge in [0.1, 0.15) is 11.3 Å². The van der Waals surface area contributed by atoms with Crippen molar-refractivity contribution in [3.05, 3.63) is 11.9 Å². The van der Waals surface area contributed by atoms with Gasteiger partial charge in [0.2, 0.25) is 0 Å². The number of aliphatic hydroxyl groups is 1. The second-order valence-corrected chi connectivity index (χ2v) is 6.36. The van der Waals surface area contributed by atoms with Crippen LogP contribution in [-0.4, -0.2) is 34.6 Å². The van der Waals surface area contributed by atoms with E-state index >= 15 is 0 Å². The molecule has 0 bridgehead atoms. The molecule has 0 spiro atoms. The quantitative estimate of drug-likeness (QED) is 0.847. The van der Waals surface area contributed by atoms with Gasteiger partial charge in [0.05, 0.1) is 13.3 Å². The van der Waals surface area contributed by atoms with Crippen LogP contribution in [0.1, 0.15) is 64.6 Å². The Morgan fingerprint density at radius 2 is 2.14 bits per heavy atom. The van der Waals surface area contributed by atoms with Gasteiger partial charge in [0.25, 0.3) is 0 Å². The van der Waals surface area contributed by atoms with Gasteiger partial charge in [-0.15, -0.1) is 0 Å². The summed E-state index contributed by atoms with van der Waals surface area (Å²) in [6.45, 7) is 7.38. The minimum absolute atomic E-state index is 0.212. The van der Waals surface area contributed by atoms with E-state index < -0.39 is 5.60 Å². The molecule has 0 amide bonds. The summed E-state index contributed by atoms with van der Waals surface area (Å²) >= 11 is 0. The molecule has 1 heterocycles. The fourth-order valence-corrected chi connectivity index (χ4v) is 3.21. The summed E-state index contributed by atoms with van der Waals surface area (Å²) in [5, 5.41) is 19.1. The highest BCUT2D eigenvalue weighted by Crippen LogP contribution is 2.42. The Morgan fingerprint density at radius 3 is 2.67 bits per heavy atom. The lowest BCUT2D eigenvalue weighted by atomic mass is 9.79. The lowest BCUT2D eigenvalue weighted by Crippen LogP contribution is -2.41. The number of hydrogen-bond donors (Lipinski definition) is 2. The van der Waals surface area contributed by atoms with Crippen molar-refractivity contribution in [3.63, 3.8) is 0 Å². The number of methoxy groups -OCH3 is 1. The largest absolute Gasteiger partial charge is 0.493 e. The van der Waals surface area contributed by atoms with Crippen molar-refractivity contribution in [1.82, 2.24) is 15.1 Å². The van der Waals surface area contributed by atoms with Gasteiger partial charge >= 0.3 is 0 Å². The summed E-state index contributed by atoms with van der Waals surface area (Å²) in [7, 11) is 1.64. The summed E-state index contributed by atoms with van der Waals surface area (Å²) in [6.07, 6.45) is 6.35. The molecule has 5 nitrogen and oxygen atoms in total. The molecular weight excluding hydrogens is 266 g/mol. The number of rotatable bonds is 6. The van der Waals surface area contributed by atoms with Crippen molar-refractivity contribution in [2.24, 2.45) is 0 Å². The summed E-state index contributed by atoms with van der Waals surface area (Å²) in [4.78, 5) is 0. The fraction of sp³-hybridized carbons (Fsp3) is 0.812. The number of hydrogen-bond acceptors (Lipinski definition) is 4. The van der Waals surface area contributed by atoms with Gasteiger partial charge in [-0.25, -0.2) is 0 Å². The number of nitrogens with one attached hydrogen (secondary N) is 1. The Kier molecular flexibility index (Phi) is 5.27. The molecule has 0 saturated heterocycles. The highest BCUT2D eigenvalue weighted by molar-refractivity contribution is 5.31. The molecular formula is C16H29N3O2. The highest BCUT2D eigenvalue weighted by atomic mass is 16.5. The molecule has 1 aliphatic rings. The second-order valence-electron chi connectivity index (χ2n) is 6.36. The van der Waals surface area contributed by atoms with E-state index in [0.29, 0.717) is 11.8 Å². The van der Waals surface area contributed by atoms with E-state index in [1.54, 1.807) is 13.3 Å². The van der Waals surface area contributed by atoms with Crippen molar-refractivity contribution in [3.8, 4) is 5.75 Å². The summed E-state index contributed by atoms with van der Waals surface area (Å²) in [5.41, 5.74) is 0.0187. The molecule has 2 N–H and O–H groups in total. The zero-order chi connectivity index (χ0) is 15.5. The topological polar surface area (TPSA) is 59.3 Å². The first-order chi connectivity index (χ1) is 10.0. The smallest absolute Gasteiger partial charge is 0.162 e. The molecule has 120 valence electrons. The van der Waals surface area contributed by atoms with E-state index in [9.17, 15) is 5.11 Å². The van der Waals surface area contributed by atoms with Crippen LogP contribution in [0, 0.1) is 0 Å². The third kappa shape index (κ3) is 3.40. The van der Waals surface area contributed by atoms with Crippen molar-refractivity contribution in [2.75, 3.05) is 13.7 Å². The van der Waals surface area contributed by atoms with Gasteiger partial charge in [-0.05, 0) is 52.5 Å². The van der Waals surface area contributed by atoms with Gasteiger partial charge in [-0.1, -0.05) is 6.92 Å². The molecule has 1 aliphatic carbocycles. The standard InChI is InChI=1S/C16H29N3O2/c1-5-10-17-13-6-8-16(20,9-7-13)15-14(21-4)11-18-19(15)12(2)3/h11-13,17,20H,5-10H2,1-4H3. The first-order valence-corrected chi connectivity index (χ1v) is 8.09. The van der Waals surface area contributed by atoms with E-state index in [2.05, 4.69) is 31.2 Å². The Hall–Kier alpha value is -1.07. The summed E-state index contributed by atoms with van der Waals surface area (Å²) in [6, 6.07) is 0.732. The third-order valence-electron chi connectivity index (χ3n) is 4.41. The molecule has 0 radical (unpaired) electrons. The minimum Gasteiger partial charge on any atom is -0.493 e. The van der Waals surface area contributed by atoms with E-state index in [1.807, 2.05) is 4.68 Å². The molecule has 1 fully saturated rings. The first-order valence-electron chi connectivity index (χ1n) is 8.09. The number of aromatic nitrogens is 2. The van der Waals surface area contributed by atoms with Gasteiger partial charge < -0.3 is 15.2 Å². The zero-order valence-corrected chi connectivity index (χ0v) is 13.7. The van der Waals surface area contributed by atoms with Crippen LogP contribution in [0.15, 0.2) is 6.20 Å².